The van der Waals surface area contributed by atoms with E-state index < -0.39 is 28.3 Å². The van der Waals surface area contributed by atoms with Gasteiger partial charge in [0, 0.05) is 11.9 Å². The Hall–Kier alpha value is -3.36. The molecule has 0 aliphatic rings. The Bertz CT molecular complexity index is 1210. The van der Waals surface area contributed by atoms with Crippen LogP contribution in [0.1, 0.15) is 15.9 Å². The number of benzene rings is 3. The molecule has 1 amide bonds. The minimum Gasteiger partial charge on any atom is -0.489 e. The highest BCUT2D eigenvalue weighted by Gasteiger charge is 2.17. The average molecular weight is 474 g/mol. The van der Waals surface area contributed by atoms with E-state index in [0.29, 0.717) is 18.0 Å². The average Bonchev–Trinajstić information content (AvgIpc) is 2.77. The van der Waals surface area contributed by atoms with E-state index in [2.05, 4.69) is 5.32 Å². The maximum Gasteiger partial charge on any atom is 0.340 e. The molecule has 0 aliphatic carbocycles. The van der Waals surface area contributed by atoms with Crippen LogP contribution in [0.5, 0.6) is 5.75 Å². The summed E-state index contributed by atoms with van der Waals surface area (Å²) >= 11 is 5.96. The van der Waals surface area contributed by atoms with Gasteiger partial charge in [-0.05, 0) is 48.0 Å². The first kappa shape index (κ1) is 23.3. The van der Waals surface area contributed by atoms with Crippen molar-refractivity contribution >= 4 is 39.0 Å². The monoisotopic (exact) mass is 473 g/mol. The normalized spacial score (nSPS) is 10.9. The van der Waals surface area contributed by atoms with Crippen LogP contribution in [-0.2, 0) is 26.0 Å². The van der Waals surface area contributed by atoms with Gasteiger partial charge in [0.05, 0.1) is 15.5 Å². The number of rotatable bonds is 8. The number of esters is 1. The van der Waals surface area contributed by atoms with Crippen LogP contribution in [0.4, 0.5) is 5.69 Å². The van der Waals surface area contributed by atoms with Gasteiger partial charge in [-0.1, -0.05) is 41.9 Å². The van der Waals surface area contributed by atoms with Gasteiger partial charge in [0.1, 0.15) is 12.4 Å². The fourth-order valence-corrected chi connectivity index (χ4v) is 3.51. The van der Waals surface area contributed by atoms with E-state index in [0.717, 1.165) is 17.9 Å². The third-order valence-corrected chi connectivity index (χ3v) is 5.75. The Labute approximate surface area is 190 Å². The van der Waals surface area contributed by atoms with Gasteiger partial charge in [-0.25, -0.2) is 13.2 Å². The predicted octanol–water partition coefficient (Wildman–Crippen LogP) is 4.12. The molecular formula is C23H20ClNO6S. The first-order chi connectivity index (χ1) is 15.2. The van der Waals surface area contributed by atoms with Crippen molar-refractivity contribution in [2.45, 2.75) is 11.5 Å². The third-order valence-electron chi connectivity index (χ3n) is 4.31. The third kappa shape index (κ3) is 6.57. The largest absolute Gasteiger partial charge is 0.489 e. The highest BCUT2D eigenvalue weighted by molar-refractivity contribution is 7.90. The second-order valence-corrected chi connectivity index (χ2v) is 9.26. The van der Waals surface area contributed by atoms with Crippen LogP contribution in [0, 0.1) is 0 Å². The van der Waals surface area contributed by atoms with Crippen LogP contribution in [0.3, 0.4) is 0 Å². The van der Waals surface area contributed by atoms with Crippen molar-refractivity contribution in [1.82, 2.24) is 0 Å². The van der Waals surface area contributed by atoms with Crippen LogP contribution in [0.2, 0.25) is 5.02 Å². The molecule has 0 saturated heterocycles. The number of anilines is 1. The lowest BCUT2D eigenvalue weighted by atomic mass is 10.2. The number of sulfone groups is 1. The van der Waals surface area contributed by atoms with Gasteiger partial charge >= 0.3 is 5.97 Å². The van der Waals surface area contributed by atoms with E-state index in [1.165, 1.54) is 12.1 Å². The predicted molar refractivity (Wildman–Crippen MR) is 121 cm³/mol. The molecular weight excluding hydrogens is 454 g/mol. The van der Waals surface area contributed by atoms with Gasteiger partial charge in [-0.2, -0.15) is 0 Å². The lowest BCUT2D eigenvalue weighted by molar-refractivity contribution is -0.119. The Morgan fingerprint density at radius 2 is 1.66 bits per heavy atom. The highest BCUT2D eigenvalue weighted by Crippen LogP contribution is 2.22. The summed E-state index contributed by atoms with van der Waals surface area (Å²) in [5.41, 5.74) is 1.39. The second kappa shape index (κ2) is 10.3. The molecule has 0 atom stereocenters. The molecule has 1 N–H and O–H groups in total. The molecule has 3 aromatic carbocycles. The van der Waals surface area contributed by atoms with Gasteiger partial charge < -0.3 is 14.8 Å². The molecule has 0 unspecified atom stereocenters. The summed E-state index contributed by atoms with van der Waals surface area (Å²) in [7, 11) is -3.53. The van der Waals surface area contributed by atoms with Crippen molar-refractivity contribution in [2.75, 3.05) is 18.2 Å². The molecule has 0 fully saturated rings. The summed E-state index contributed by atoms with van der Waals surface area (Å²) in [6.07, 6.45) is 1.01. The number of amides is 1. The molecule has 166 valence electrons. The lowest BCUT2D eigenvalue weighted by Gasteiger charge is -2.10. The molecule has 9 heteroatoms. The fraction of sp³-hybridized carbons (Fsp3) is 0.130. The van der Waals surface area contributed by atoms with Crippen LogP contribution >= 0.6 is 11.6 Å². The Morgan fingerprint density at radius 3 is 2.31 bits per heavy atom. The molecule has 0 spiro atoms. The molecule has 0 radical (unpaired) electrons. The Morgan fingerprint density at radius 1 is 0.969 bits per heavy atom. The van der Waals surface area contributed by atoms with Crippen molar-refractivity contribution in [1.29, 1.82) is 0 Å². The minimum atomic E-state index is -3.53. The molecule has 0 saturated carbocycles. The lowest BCUT2D eigenvalue weighted by Crippen LogP contribution is -2.21. The SMILES string of the molecule is CS(=O)(=O)c1ccc(Cl)c(C(=O)OCC(=O)Nc2ccc(OCc3ccccc3)cc2)c1. The van der Waals surface area contributed by atoms with E-state index >= 15 is 0 Å². The summed E-state index contributed by atoms with van der Waals surface area (Å²) in [4.78, 5) is 24.3. The standard InChI is InChI=1S/C23H20ClNO6S/c1-32(28,29)19-11-12-21(24)20(13-19)23(27)31-15-22(26)25-17-7-9-18(10-8-17)30-14-16-5-3-2-4-6-16/h2-13H,14-15H2,1H3,(H,25,26). The van der Waals surface area contributed by atoms with Gasteiger partial charge in [-0.15, -0.1) is 0 Å². The number of nitrogens with one attached hydrogen (secondary N) is 1. The smallest absolute Gasteiger partial charge is 0.340 e. The van der Waals surface area contributed by atoms with Crippen molar-refractivity contribution in [3.63, 3.8) is 0 Å². The number of hydrogen-bond donors (Lipinski definition) is 1. The quantitative estimate of drug-likeness (QED) is 0.494. The molecule has 32 heavy (non-hydrogen) atoms. The maximum atomic E-state index is 12.2. The number of carbonyl (C=O) groups is 2. The van der Waals surface area contributed by atoms with Gasteiger partial charge in [0.25, 0.3) is 5.91 Å². The zero-order valence-corrected chi connectivity index (χ0v) is 18.7. The van der Waals surface area contributed by atoms with Crippen LogP contribution in [0.25, 0.3) is 0 Å². The molecule has 0 heterocycles. The molecule has 0 aromatic heterocycles. The van der Waals surface area contributed by atoms with Crippen molar-refractivity contribution in [3.8, 4) is 5.75 Å². The van der Waals surface area contributed by atoms with Crippen LogP contribution in [-0.4, -0.2) is 33.2 Å². The Balaban J connectivity index is 1.52. The zero-order chi connectivity index (χ0) is 23.1. The first-order valence-corrected chi connectivity index (χ1v) is 11.7. The summed E-state index contributed by atoms with van der Waals surface area (Å²) in [5, 5.41) is 2.62. The Kier molecular flexibility index (Phi) is 7.50. The topological polar surface area (TPSA) is 98.8 Å². The van der Waals surface area contributed by atoms with Gasteiger partial charge in [0.15, 0.2) is 16.4 Å². The maximum absolute atomic E-state index is 12.2. The van der Waals surface area contributed by atoms with Crippen molar-refractivity contribution in [3.05, 3.63) is 88.9 Å². The van der Waals surface area contributed by atoms with Crippen LogP contribution < -0.4 is 10.1 Å². The second-order valence-electron chi connectivity index (χ2n) is 6.84. The summed E-state index contributed by atoms with van der Waals surface area (Å²) in [5.74, 6) is -0.828. The van der Waals surface area contributed by atoms with Crippen molar-refractivity contribution in [2.24, 2.45) is 0 Å². The first-order valence-electron chi connectivity index (χ1n) is 9.46. The molecule has 3 rings (SSSR count). The number of halogens is 1. The van der Waals surface area contributed by atoms with Crippen molar-refractivity contribution < 1.29 is 27.5 Å². The van der Waals surface area contributed by atoms with E-state index in [1.807, 2.05) is 30.3 Å². The number of ether oxygens (including phenoxy) is 2. The van der Waals surface area contributed by atoms with E-state index in [-0.39, 0.29) is 15.5 Å². The fourth-order valence-electron chi connectivity index (χ4n) is 2.67. The summed E-state index contributed by atoms with van der Waals surface area (Å²) in [6, 6.07) is 20.1. The van der Waals surface area contributed by atoms with E-state index in [1.54, 1.807) is 24.3 Å². The minimum absolute atomic E-state index is 0.0221. The van der Waals surface area contributed by atoms with E-state index in [9.17, 15) is 18.0 Å². The molecule has 7 nitrogen and oxygen atoms in total. The zero-order valence-electron chi connectivity index (χ0n) is 17.1. The summed E-state index contributed by atoms with van der Waals surface area (Å²) < 4.78 is 34.0. The highest BCUT2D eigenvalue weighted by atomic mass is 35.5. The molecule has 0 bridgehead atoms. The summed E-state index contributed by atoms with van der Waals surface area (Å²) in [6.45, 7) is -0.143. The molecule has 3 aromatic rings. The van der Waals surface area contributed by atoms with Crippen LogP contribution in [0.15, 0.2) is 77.7 Å². The van der Waals surface area contributed by atoms with Gasteiger partial charge in [0.2, 0.25) is 0 Å². The number of carbonyl (C=O) groups excluding carboxylic acids is 2. The molecule has 0 aliphatic heterocycles. The van der Waals surface area contributed by atoms with E-state index in [4.69, 9.17) is 21.1 Å². The van der Waals surface area contributed by atoms with Gasteiger partial charge in [-0.3, -0.25) is 4.79 Å². The number of hydrogen-bond acceptors (Lipinski definition) is 6.